The monoisotopic (exact) mass is 591 g/mol. The normalized spacial score (nSPS) is 13.4. The molecule has 40 heavy (non-hydrogen) atoms. The molecule has 0 aliphatic heterocycles. The van der Waals surface area contributed by atoms with Gasteiger partial charge in [-0.25, -0.2) is 9.59 Å². The zero-order valence-electron chi connectivity index (χ0n) is 22.1. The third kappa shape index (κ3) is 4.44. The standard InChI is InChI=1S/C34H26BrNO4/c1-39-33(37)31-30(20-36(32(31)34(38)40-2)24-15-13-23(35)14-16-24)22-12-17-27-28(18-21-8-4-3-5-9-21)25-10-6-7-11-26(25)29(27)19-22/h3-17,19-20,28H,18H2,1-2H3. The van der Waals surface area contributed by atoms with E-state index < -0.39 is 11.9 Å². The van der Waals surface area contributed by atoms with E-state index in [-0.39, 0.29) is 17.2 Å². The van der Waals surface area contributed by atoms with Gasteiger partial charge in [0.25, 0.3) is 0 Å². The van der Waals surface area contributed by atoms with E-state index in [2.05, 4.69) is 76.6 Å². The zero-order valence-corrected chi connectivity index (χ0v) is 23.6. The van der Waals surface area contributed by atoms with Gasteiger partial charge in [0.15, 0.2) is 0 Å². The number of aromatic nitrogens is 1. The number of ether oxygens (including phenoxy) is 2. The summed E-state index contributed by atoms with van der Waals surface area (Å²) in [6, 6.07) is 32.8. The summed E-state index contributed by atoms with van der Waals surface area (Å²) in [5.41, 5.74) is 8.54. The van der Waals surface area contributed by atoms with Crippen LogP contribution in [0.5, 0.6) is 0 Å². The molecule has 0 fully saturated rings. The van der Waals surface area contributed by atoms with Crippen LogP contribution >= 0.6 is 15.9 Å². The molecule has 5 aromatic rings. The molecule has 0 radical (unpaired) electrons. The highest BCUT2D eigenvalue weighted by Gasteiger charge is 2.32. The highest BCUT2D eigenvalue weighted by atomic mass is 79.9. The highest BCUT2D eigenvalue weighted by Crippen LogP contribution is 2.48. The minimum Gasteiger partial charge on any atom is -0.465 e. The Morgan fingerprint density at radius 1 is 0.750 bits per heavy atom. The lowest BCUT2D eigenvalue weighted by Gasteiger charge is -2.14. The first-order chi connectivity index (χ1) is 19.5. The van der Waals surface area contributed by atoms with Crippen molar-refractivity contribution in [2.24, 2.45) is 0 Å². The van der Waals surface area contributed by atoms with Crippen molar-refractivity contribution in [3.63, 3.8) is 0 Å². The average Bonchev–Trinajstić information content (AvgIpc) is 3.54. The molecule has 1 aliphatic carbocycles. The van der Waals surface area contributed by atoms with Crippen LogP contribution in [0.15, 0.2) is 108 Å². The van der Waals surface area contributed by atoms with Crippen LogP contribution in [0.3, 0.4) is 0 Å². The molecule has 0 spiro atoms. The number of rotatable bonds is 6. The molecule has 1 atom stereocenters. The Morgan fingerprint density at radius 3 is 2.15 bits per heavy atom. The Labute approximate surface area is 241 Å². The van der Waals surface area contributed by atoms with Crippen LogP contribution < -0.4 is 0 Å². The van der Waals surface area contributed by atoms with Crippen molar-refractivity contribution in [1.82, 2.24) is 4.57 Å². The lowest BCUT2D eigenvalue weighted by Crippen LogP contribution is -2.15. The fourth-order valence-corrected chi connectivity index (χ4v) is 5.94. The van der Waals surface area contributed by atoms with Gasteiger partial charge in [-0.3, -0.25) is 0 Å². The molecule has 0 N–H and O–H groups in total. The van der Waals surface area contributed by atoms with Gasteiger partial charge in [-0.2, -0.15) is 0 Å². The van der Waals surface area contributed by atoms with Crippen molar-refractivity contribution >= 4 is 27.9 Å². The summed E-state index contributed by atoms with van der Waals surface area (Å²) < 4.78 is 12.9. The van der Waals surface area contributed by atoms with Crippen molar-refractivity contribution in [3.8, 4) is 27.9 Å². The smallest absolute Gasteiger partial charge is 0.355 e. The van der Waals surface area contributed by atoms with Crippen molar-refractivity contribution in [1.29, 1.82) is 0 Å². The maximum Gasteiger partial charge on any atom is 0.355 e. The molecule has 198 valence electrons. The average molecular weight is 592 g/mol. The molecule has 1 heterocycles. The van der Waals surface area contributed by atoms with E-state index in [9.17, 15) is 9.59 Å². The first kappa shape index (κ1) is 25.8. The predicted molar refractivity (Wildman–Crippen MR) is 159 cm³/mol. The van der Waals surface area contributed by atoms with E-state index in [0.29, 0.717) is 5.56 Å². The Bertz CT molecular complexity index is 1740. The van der Waals surface area contributed by atoms with Crippen molar-refractivity contribution in [2.75, 3.05) is 14.2 Å². The number of hydrogen-bond donors (Lipinski definition) is 0. The maximum atomic E-state index is 13.2. The van der Waals surface area contributed by atoms with E-state index >= 15 is 0 Å². The molecular weight excluding hydrogens is 566 g/mol. The molecular formula is C34H26BrNO4. The number of carbonyl (C=O) groups excluding carboxylic acids is 2. The second-order valence-electron chi connectivity index (χ2n) is 9.73. The first-order valence-electron chi connectivity index (χ1n) is 13.0. The number of carbonyl (C=O) groups is 2. The molecule has 5 nitrogen and oxygen atoms in total. The van der Waals surface area contributed by atoms with Gasteiger partial charge in [0.05, 0.1) is 14.2 Å². The summed E-state index contributed by atoms with van der Waals surface area (Å²) in [6.45, 7) is 0. The third-order valence-corrected chi connectivity index (χ3v) is 8.06. The second kappa shape index (κ2) is 10.6. The predicted octanol–water partition coefficient (Wildman–Crippen LogP) is 7.84. The molecule has 0 bridgehead atoms. The summed E-state index contributed by atoms with van der Waals surface area (Å²) >= 11 is 3.46. The maximum absolute atomic E-state index is 13.2. The highest BCUT2D eigenvalue weighted by molar-refractivity contribution is 9.10. The van der Waals surface area contributed by atoms with Crippen molar-refractivity contribution < 1.29 is 19.1 Å². The fourth-order valence-electron chi connectivity index (χ4n) is 5.68. The summed E-state index contributed by atoms with van der Waals surface area (Å²) in [5.74, 6) is -1.00. The number of halogens is 1. The van der Waals surface area contributed by atoms with Gasteiger partial charge in [0.2, 0.25) is 0 Å². The van der Waals surface area contributed by atoms with Gasteiger partial charge in [0.1, 0.15) is 11.3 Å². The van der Waals surface area contributed by atoms with Crippen LogP contribution in [-0.4, -0.2) is 30.7 Å². The van der Waals surface area contributed by atoms with Gasteiger partial charge in [-0.1, -0.05) is 82.7 Å². The van der Waals surface area contributed by atoms with Crippen LogP contribution in [-0.2, 0) is 15.9 Å². The topological polar surface area (TPSA) is 57.5 Å². The van der Waals surface area contributed by atoms with Crippen LogP contribution in [0.25, 0.3) is 27.9 Å². The minimum atomic E-state index is -0.621. The lowest BCUT2D eigenvalue weighted by molar-refractivity contribution is 0.0550. The van der Waals surface area contributed by atoms with E-state index in [1.54, 1.807) is 4.57 Å². The molecule has 0 amide bonds. The van der Waals surface area contributed by atoms with Gasteiger partial charge in [0, 0.05) is 27.8 Å². The number of esters is 2. The number of nitrogens with zero attached hydrogens (tertiary/aromatic N) is 1. The summed E-state index contributed by atoms with van der Waals surface area (Å²) in [5, 5.41) is 0. The summed E-state index contributed by atoms with van der Waals surface area (Å²) in [6.07, 6.45) is 2.70. The van der Waals surface area contributed by atoms with E-state index in [0.717, 1.165) is 27.7 Å². The van der Waals surface area contributed by atoms with E-state index in [1.807, 2.05) is 42.6 Å². The molecule has 0 saturated heterocycles. The fraction of sp³-hybridized carbons (Fsp3) is 0.118. The van der Waals surface area contributed by atoms with Crippen molar-refractivity contribution in [2.45, 2.75) is 12.3 Å². The Kier molecular flexibility index (Phi) is 6.86. The lowest BCUT2D eigenvalue weighted by atomic mass is 9.89. The van der Waals surface area contributed by atoms with Crippen LogP contribution in [0.1, 0.15) is 43.5 Å². The molecule has 1 aliphatic rings. The quantitative estimate of drug-likeness (QED) is 0.189. The van der Waals surface area contributed by atoms with Crippen LogP contribution in [0, 0.1) is 0 Å². The van der Waals surface area contributed by atoms with Gasteiger partial charge >= 0.3 is 11.9 Å². The number of fused-ring (bicyclic) bond motifs is 3. The van der Waals surface area contributed by atoms with Gasteiger partial charge in [-0.15, -0.1) is 0 Å². The van der Waals surface area contributed by atoms with Crippen LogP contribution in [0.4, 0.5) is 0 Å². The molecule has 1 aromatic heterocycles. The molecule has 6 heteroatoms. The molecule has 1 unspecified atom stereocenters. The Balaban J connectivity index is 1.54. The first-order valence-corrected chi connectivity index (χ1v) is 13.7. The summed E-state index contributed by atoms with van der Waals surface area (Å²) in [4.78, 5) is 26.3. The Morgan fingerprint density at radius 2 is 1.43 bits per heavy atom. The van der Waals surface area contributed by atoms with Gasteiger partial charge in [-0.05, 0) is 70.1 Å². The molecule has 0 saturated carbocycles. The number of hydrogen-bond acceptors (Lipinski definition) is 4. The van der Waals surface area contributed by atoms with E-state index in [4.69, 9.17) is 9.47 Å². The largest absolute Gasteiger partial charge is 0.465 e. The van der Waals surface area contributed by atoms with E-state index in [1.165, 1.54) is 36.5 Å². The van der Waals surface area contributed by atoms with Crippen molar-refractivity contribution in [3.05, 3.63) is 136 Å². The molecule has 6 rings (SSSR count). The summed E-state index contributed by atoms with van der Waals surface area (Å²) in [7, 11) is 2.62. The minimum absolute atomic E-state index is 0.120. The molecule has 4 aromatic carbocycles. The number of methoxy groups -OCH3 is 2. The third-order valence-electron chi connectivity index (χ3n) is 7.53. The van der Waals surface area contributed by atoms with Crippen LogP contribution in [0.2, 0.25) is 0 Å². The second-order valence-corrected chi connectivity index (χ2v) is 10.6. The SMILES string of the molecule is COC(=O)c1c(-c2ccc3c(c2)-c2ccccc2C3Cc2ccccc2)cn(-c2ccc(Br)cc2)c1C(=O)OC. The Hall–Kier alpha value is -4.42. The zero-order chi connectivity index (χ0) is 27.8. The number of benzene rings is 4. The van der Waals surface area contributed by atoms with Gasteiger partial charge < -0.3 is 14.0 Å².